The van der Waals surface area contributed by atoms with Crippen molar-refractivity contribution in [3.8, 4) is 0 Å². The van der Waals surface area contributed by atoms with Gasteiger partial charge < -0.3 is 5.32 Å². The van der Waals surface area contributed by atoms with Gasteiger partial charge in [-0.15, -0.1) is 0 Å². The average Bonchev–Trinajstić information content (AvgIpc) is 2.50. The molecule has 0 aromatic heterocycles. The Morgan fingerprint density at radius 3 is 2.75 bits per heavy atom. The monoisotopic (exact) mass is 352 g/mol. The fourth-order valence-corrected chi connectivity index (χ4v) is 4.43. The van der Waals surface area contributed by atoms with E-state index in [0.717, 1.165) is 43.5 Å². The van der Waals surface area contributed by atoms with E-state index in [1.807, 2.05) is 19.9 Å². The number of fused-ring (bicyclic) bond motifs is 1. The largest absolute Gasteiger partial charge is 0.383 e. The zero-order chi connectivity index (χ0) is 17.7. The SMILES string of the molecule is CCCCC(=O)c1cc2c(c(NS(=O)(=O)CC(C)C)c1)NCCC2. The molecule has 0 bridgehead atoms. The standard InChI is InChI=1S/C18H28N2O3S/c1-4-5-8-17(21)15-10-14-7-6-9-19-18(14)16(11-15)20-24(22,23)12-13(2)3/h10-11,13,19-20H,4-9,12H2,1-3H3. The number of carbonyl (C=O) groups is 1. The molecule has 1 aromatic rings. The summed E-state index contributed by atoms with van der Waals surface area (Å²) in [5.41, 5.74) is 2.95. The van der Waals surface area contributed by atoms with Crippen LogP contribution in [0.15, 0.2) is 12.1 Å². The Labute approximate surface area is 145 Å². The van der Waals surface area contributed by atoms with Crippen LogP contribution in [0.25, 0.3) is 0 Å². The third kappa shape index (κ3) is 4.97. The van der Waals surface area contributed by atoms with Crippen molar-refractivity contribution in [2.45, 2.75) is 52.9 Å². The number of hydrogen-bond donors (Lipinski definition) is 2. The lowest BCUT2D eigenvalue weighted by Gasteiger charge is -2.23. The molecule has 0 radical (unpaired) electrons. The number of Topliss-reactive ketones (excluding diaryl/α,β-unsaturated/α-hetero) is 1. The normalized spacial score (nSPS) is 14.2. The van der Waals surface area contributed by atoms with Crippen molar-refractivity contribution in [3.63, 3.8) is 0 Å². The van der Waals surface area contributed by atoms with Gasteiger partial charge in [0.15, 0.2) is 5.78 Å². The molecule has 0 saturated heterocycles. The summed E-state index contributed by atoms with van der Waals surface area (Å²) in [7, 11) is -3.43. The van der Waals surface area contributed by atoms with Crippen LogP contribution in [0.2, 0.25) is 0 Å². The molecule has 0 unspecified atom stereocenters. The van der Waals surface area contributed by atoms with E-state index >= 15 is 0 Å². The summed E-state index contributed by atoms with van der Waals surface area (Å²) in [5.74, 6) is 0.186. The highest BCUT2D eigenvalue weighted by molar-refractivity contribution is 7.92. The molecule has 1 heterocycles. The minimum absolute atomic E-state index is 0.0423. The Morgan fingerprint density at radius 2 is 2.08 bits per heavy atom. The predicted molar refractivity (Wildman–Crippen MR) is 99.4 cm³/mol. The molecule has 134 valence electrons. The molecular formula is C18H28N2O3S. The molecule has 0 amide bonds. The van der Waals surface area contributed by atoms with Gasteiger partial charge in [0.1, 0.15) is 0 Å². The number of nitrogens with one attached hydrogen (secondary N) is 2. The maximum absolute atomic E-state index is 12.4. The lowest BCUT2D eigenvalue weighted by atomic mass is 9.96. The molecule has 2 N–H and O–H groups in total. The first-order valence-corrected chi connectivity index (χ1v) is 10.4. The number of ketones is 1. The fraction of sp³-hybridized carbons (Fsp3) is 0.611. The fourth-order valence-electron chi connectivity index (χ4n) is 2.97. The summed E-state index contributed by atoms with van der Waals surface area (Å²) in [4.78, 5) is 12.4. The van der Waals surface area contributed by atoms with Crippen molar-refractivity contribution in [3.05, 3.63) is 23.3 Å². The maximum atomic E-state index is 12.4. The number of sulfonamides is 1. The van der Waals surface area contributed by atoms with Crippen LogP contribution < -0.4 is 10.0 Å². The Kier molecular flexibility index (Phi) is 6.27. The summed E-state index contributed by atoms with van der Waals surface area (Å²) in [6, 6.07) is 3.60. The zero-order valence-electron chi connectivity index (χ0n) is 14.8. The summed E-state index contributed by atoms with van der Waals surface area (Å²) in [6.45, 7) is 6.61. The molecule has 0 atom stereocenters. The molecular weight excluding hydrogens is 324 g/mol. The van der Waals surface area contributed by atoms with Crippen LogP contribution in [-0.4, -0.2) is 26.5 Å². The van der Waals surface area contributed by atoms with Gasteiger partial charge in [-0.3, -0.25) is 9.52 Å². The number of carbonyl (C=O) groups excluding carboxylic acids is 1. The minimum atomic E-state index is -3.43. The molecule has 2 rings (SSSR count). The Morgan fingerprint density at radius 1 is 1.33 bits per heavy atom. The van der Waals surface area contributed by atoms with Crippen LogP contribution >= 0.6 is 0 Å². The molecule has 1 aliphatic rings. The Hall–Kier alpha value is -1.56. The number of benzene rings is 1. The zero-order valence-corrected chi connectivity index (χ0v) is 15.6. The molecule has 0 fully saturated rings. The minimum Gasteiger partial charge on any atom is -0.383 e. The Balaban J connectivity index is 2.36. The van der Waals surface area contributed by atoms with Crippen molar-refractivity contribution in [2.24, 2.45) is 5.92 Å². The van der Waals surface area contributed by atoms with E-state index in [2.05, 4.69) is 17.0 Å². The first-order chi connectivity index (χ1) is 11.3. The van der Waals surface area contributed by atoms with Crippen LogP contribution in [0, 0.1) is 5.92 Å². The number of anilines is 2. The average molecular weight is 353 g/mol. The van der Waals surface area contributed by atoms with Gasteiger partial charge in [0, 0.05) is 18.5 Å². The van der Waals surface area contributed by atoms with E-state index in [0.29, 0.717) is 17.7 Å². The summed E-state index contributed by atoms with van der Waals surface area (Å²) < 4.78 is 27.3. The van der Waals surface area contributed by atoms with Gasteiger partial charge in [0.25, 0.3) is 0 Å². The summed E-state index contributed by atoms with van der Waals surface area (Å²) in [6.07, 6.45) is 4.16. The van der Waals surface area contributed by atoms with E-state index < -0.39 is 10.0 Å². The third-order valence-corrected chi connectivity index (χ3v) is 5.68. The van der Waals surface area contributed by atoms with Crippen molar-refractivity contribution in [2.75, 3.05) is 22.3 Å². The second kappa shape index (κ2) is 8.01. The molecule has 0 saturated carbocycles. The second-order valence-electron chi connectivity index (χ2n) is 6.89. The topological polar surface area (TPSA) is 75.3 Å². The van der Waals surface area contributed by atoms with Gasteiger partial charge in [-0.25, -0.2) is 8.42 Å². The van der Waals surface area contributed by atoms with E-state index in [9.17, 15) is 13.2 Å². The van der Waals surface area contributed by atoms with Crippen molar-refractivity contribution >= 4 is 27.2 Å². The number of unbranched alkanes of at least 4 members (excludes halogenated alkanes) is 1. The van der Waals surface area contributed by atoms with Gasteiger partial charge in [-0.1, -0.05) is 27.2 Å². The summed E-state index contributed by atoms with van der Waals surface area (Å²) >= 11 is 0. The Bertz CT molecular complexity index is 696. The number of aryl methyl sites for hydroxylation is 1. The molecule has 5 nitrogen and oxygen atoms in total. The highest BCUT2D eigenvalue weighted by Crippen LogP contribution is 2.33. The molecule has 0 spiro atoms. The number of rotatable bonds is 8. The van der Waals surface area contributed by atoms with Gasteiger partial charge in [-0.2, -0.15) is 0 Å². The van der Waals surface area contributed by atoms with Crippen LogP contribution in [0.3, 0.4) is 0 Å². The predicted octanol–water partition coefficient (Wildman–Crippen LogP) is 3.82. The van der Waals surface area contributed by atoms with Crippen LogP contribution in [-0.2, 0) is 16.4 Å². The van der Waals surface area contributed by atoms with Gasteiger partial charge in [-0.05, 0) is 42.9 Å². The number of hydrogen-bond acceptors (Lipinski definition) is 4. The van der Waals surface area contributed by atoms with E-state index in [1.54, 1.807) is 6.07 Å². The quantitative estimate of drug-likeness (QED) is 0.698. The highest BCUT2D eigenvalue weighted by atomic mass is 32.2. The van der Waals surface area contributed by atoms with Crippen LogP contribution in [0.5, 0.6) is 0 Å². The van der Waals surface area contributed by atoms with Gasteiger partial charge >= 0.3 is 0 Å². The van der Waals surface area contributed by atoms with Gasteiger partial charge in [0.05, 0.1) is 17.1 Å². The lowest BCUT2D eigenvalue weighted by Crippen LogP contribution is -2.23. The summed E-state index contributed by atoms with van der Waals surface area (Å²) in [5, 5.41) is 3.28. The highest BCUT2D eigenvalue weighted by Gasteiger charge is 2.21. The van der Waals surface area contributed by atoms with Crippen molar-refractivity contribution in [1.82, 2.24) is 0 Å². The smallest absolute Gasteiger partial charge is 0.233 e. The molecule has 6 heteroatoms. The molecule has 24 heavy (non-hydrogen) atoms. The first kappa shape index (κ1) is 18.8. The van der Waals surface area contributed by atoms with E-state index in [-0.39, 0.29) is 17.5 Å². The van der Waals surface area contributed by atoms with Crippen molar-refractivity contribution < 1.29 is 13.2 Å². The van der Waals surface area contributed by atoms with Crippen LogP contribution in [0.1, 0.15) is 62.4 Å². The molecule has 1 aromatic carbocycles. The van der Waals surface area contributed by atoms with E-state index in [1.165, 1.54) is 0 Å². The van der Waals surface area contributed by atoms with Crippen molar-refractivity contribution in [1.29, 1.82) is 0 Å². The lowest BCUT2D eigenvalue weighted by molar-refractivity contribution is 0.0979. The molecule has 0 aliphatic carbocycles. The second-order valence-corrected chi connectivity index (χ2v) is 8.66. The maximum Gasteiger partial charge on any atom is 0.233 e. The van der Waals surface area contributed by atoms with Gasteiger partial charge in [0.2, 0.25) is 10.0 Å². The third-order valence-electron chi connectivity index (χ3n) is 4.04. The van der Waals surface area contributed by atoms with E-state index in [4.69, 9.17) is 0 Å². The molecule has 1 aliphatic heterocycles. The van der Waals surface area contributed by atoms with Crippen LogP contribution in [0.4, 0.5) is 11.4 Å². The first-order valence-electron chi connectivity index (χ1n) is 8.77.